The molecule has 0 unspecified atom stereocenters. The van der Waals surface area contributed by atoms with Crippen LogP contribution in [-0.2, 0) is 30.5 Å². The number of carbonyl (C=O) groups is 1. The molecule has 0 aromatic heterocycles. The number of amides is 1. The Bertz CT molecular complexity index is 848. The lowest BCUT2D eigenvalue weighted by Crippen LogP contribution is -2.31. The van der Waals surface area contributed by atoms with Gasteiger partial charge in [-0.15, -0.1) is 0 Å². The highest BCUT2D eigenvalue weighted by molar-refractivity contribution is 7.86. The van der Waals surface area contributed by atoms with E-state index < -0.39 is 16.2 Å². The molecule has 26 heavy (non-hydrogen) atoms. The van der Waals surface area contributed by atoms with Crippen LogP contribution in [0.3, 0.4) is 0 Å². The van der Waals surface area contributed by atoms with E-state index in [9.17, 15) is 13.2 Å². The average molecular weight is 379 g/mol. The molecule has 0 spiro atoms. The minimum Gasteiger partial charge on any atom is -0.451 e. The predicted octanol–water partition coefficient (Wildman–Crippen LogP) is 3.42. The summed E-state index contributed by atoms with van der Waals surface area (Å²) in [4.78, 5) is 17.3. The number of carbonyl (C=O) groups excluding carboxylic acids is 1. The third-order valence-electron chi connectivity index (χ3n) is 3.49. The van der Waals surface area contributed by atoms with Crippen LogP contribution >= 0.6 is 0 Å². The molecule has 7 nitrogen and oxygen atoms in total. The zero-order chi connectivity index (χ0) is 19.2. The Morgan fingerprint density at radius 1 is 1.08 bits per heavy atom. The van der Waals surface area contributed by atoms with Gasteiger partial charge in [0.25, 0.3) is 10.1 Å². The van der Waals surface area contributed by atoms with Gasteiger partial charge in [0, 0.05) is 5.56 Å². The van der Waals surface area contributed by atoms with Crippen molar-refractivity contribution in [3.8, 4) is 0 Å². The van der Waals surface area contributed by atoms with E-state index in [2.05, 4.69) is 0 Å². The third-order valence-corrected chi connectivity index (χ3v) is 4.77. The first kappa shape index (κ1) is 19.9. The van der Waals surface area contributed by atoms with Crippen LogP contribution in [0.1, 0.15) is 18.1 Å². The molecule has 0 saturated heterocycles. The van der Waals surface area contributed by atoms with Gasteiger partial charge in [0.1, 0.15) is 0 Å². The zero-order valence-corrected chi connectivity index (χ0v) is 15.7. The van der Waals surface area contributed by atoms with Gasteiger partial charge < -0.3 is 4.74 Å². The van der Waals surface area contributed by atoms with Crippen molar-refractivity contribution in [3.05, 3.63) is 59.7 Å². The molecule has 2 rings (SSSR count). The summed E-state index contributed by atoms with van der Waals surface area (Å²) in [6, 6.07) is 13.0. The molecule has 0 aliphatic heterocycles. The van der Waals surface area contributed by atoms with Crippen molar-refractivity contribution < 1.29 is 27.0 Å². The van der Waals surface area contributed by atoms with Gasteiger partial charge in [-0.25, -0.2) is 4.79 Å². The second kappa shape index (κ2) is 8.79. The maximum absolute atomic E-state index is 12.4. The number of hydrogen-bond donors (Lipinski definition) is 0. The molecule has 1 amide bonds. The number of nitrogens with zero attached hydrogens (tertiary/aromatic N) is 1. The van der Waals surface area contributed by atoms with Crippen molar-refractivity contribution >= 4 is 21.9 Å². The summed E-state index contributed by atoms with van der Waals surface area (Å²) >= 11 is 0. The highest BCUT2D eigenvalue weighted by Crippen LogP contribution is 2.24. The zero-order valence-electron chi connectivity index (χ0n) is 14.8. The summed E-state index contributed by atoms with van der Waals surface area (Å²) in [6.45, 7) is 3.55. The lowest BCUT2D eigenvalue weighted by Gasteiger charge is -2.22. The van der Waals surface area contributed by atoms with E-state index in [0.717, 1.165) is 10.6 Å². The fraction of sp³-hybridized carbons (Fsp3) is 0.278. The number of ether oxygens (including phenoxy) is 1. The molecule has 0 aliphatic carbocycles. The van der Waals surface area contributed by atoms with Gasteiger partial charge in [-0.3, -0.25) is 9.02 Å². The predicted molar refractivity (Wildman–Crippen MR) is 96.1 cm³/mol. The summed E-state index contributed by atoms with van der Waals surface area (Å²) in [5.41, 5.74) is 1.75. The van der Waals surface area contributed by atoms with Crippen LogP contribution in [0.4, 0.5) is 10.5 Å². The van der Waals surface area contributed by atoms with Crippen LogP contribution in [-0.4, -0.2) is 28.2 Å². The molecule has 140 valence electrons. The second-order valence-corrected chi connectivity index (χ2v) is 6.96. The molecule has 8 heteroatoms. The number of para-hydroxylation sites is 1. The first-order valence-corrected chi connectivity index (χ1v) is 9.35. The fourth-order valence-corrected chi connectivity index (χ4v) is 3.07. The number of benzene rings is 2. The maximum Gasteiger partial charge on any atom is 0.438 e. The van der Waals surface area contributed by atoms with Gasteiger partial charge in [-0.2, -0.15) is 13.5 Å². The van der Waals surface area contributed by atoms with Crippen molar-refractivity contribution in [1.82, 2.24) is 0 Å². The Morgan fingerprint density at radius 2 is 1.73 bits per heavy atom. The quantitative estimate of drug-likeness (QED) is 0.541. The second-order valence-electron chi connectivity index (χ2n) is 5.34. The highest BCUT2D eigenvalue weighted by Gasteiger charge is 2.22. The van der Waals surface area contributed by atoms with E-state index in [1.807, 2.05) is 6.92 Å². The van der Waals surface area contributed by atoms with Crippen molar-refractivity contribution in [2.45, 2.75) is 25.3 Å². The number of aryl methyl sites for hydroxylation is 1. The molecule has 0 fully saturated rings. The van der Waals surface area contributed by atoms with E-state index >= 15 is 0 Å². The van der Waals surface area contributed by atoms with Gasteiger partial charge in [0.05, 0.1) is 30.9 Å². The Labute approximate surface area is 153 Å². The molecule has 2 aromatic carbocycles. The van der Waals surface area contributed by atoms with Gasteiger partial charge >= 0.3 is 6.09 Å². The maximum atomic E-state index is 12.4. The SMILES string of the molecule is CCON(C(=O)OC)c1ccccc1COS(=O)(=O)c1ccc(C)cc1. The lowest BCUT2D eigenvalue weighted by atomic mass is 10.2. The number of anilines is 1. The molecular formula is C18H21NO6S. The topological polar surface area (TPSA) is 82.1 Å². The minimum atomic E-state index is -3.93. The first-order valence-electron chi connectivity index (χ1n) is 7.94. The lowest BCUT2D eigenvalue weighted by molar-refractivity contribution is 0.0917. The summed E-state index contributed by atoms with van der Waals surface area (Å²) in [5.74, 6) is 0. The fourth-order valence-electron chi connectivity index (χ4n) is 2.18. The van der Waals surface area contributed by atoms with Crippen molar-refractivity contribution in [1.29, 1.82) is 0 Å². The van der Waals surface area contributed by atoms with Crippen LogP contribution in [0.2, 0.25) is 0 Å². The standard InChI is InChI=1S/C18H21NO6S/c1-4-24-19(18(20)23-3)17-8-6-5-7-15(17)13-25-26(21,22)16-11-9-14(2)10-12-16/h5-12H,4,13H2,1-3H3. The summed E-state index contributed by atoms with van der Waals surface area (Å²) in [7, 11) is -2.70. The number of hydrogen-bond acceptors (Lipinski definition) is 6. The Kier molecular flexibility index (Phi) is 6.73. The summed E-state index contributed by atoms with van der Waals surface area (Å²) in [5, 5.41) is 0.969. The first-order chi connectivity index (χ1) is 12.4. The van der Waals surface area contributed by atoms with Crippen molar-refractivity contribution in [3.63, 3.8) is 0 Å². The number of rotatable bonds is 7. The van der Waals surface area contributed by atoms with Crippen LogP contribution in [0.5, 0.6) is 0 Å². The van der Waals surface area contributed by atoms with E-state index in [-0.39, 0.29) is 18.1 Å². The summed E-state index contributed by atoms with van der Waals surface area (Å²) < 4.78 is 34.6. The molecular weight excluding hydrogens is 358 g/mol. The molecule has 0 heterocycles. The molecule has 0 radical (unpaired) electrons. The van der Waals surface area contributed by atoms with E-state index in [1.165, 1.54) is 19.2 Å². The molecule has 0 atom stereocenters. The smallest absolute Gasteiger partial charge is 0.438 e. The van der Waals surface area contributed by atoms with E-state index in [1.54, 1.807) is 43.3 Å². The van der Waals surface area contributed by atoms with Crippen LogP contribution in [0.15, 0.2) is 53.4 Å². The highest BCUT2D eigenvalue weighted by atomic mass is 32.2. The van der Waals surface area contributed by atoms with Gasteiger partial charge in [-0.1, -0.05) is 35.9 Å². The number of hydroxylamine groups is 1. The van der Waals surface area contributed by atoms with Crippen molar-refractivity contribution in [2.75, 3.05) is 18.8 Å². The molecule has 0 N–H and O–H groups in total. The normalized spacial score (nSPS) is 11.2. The number of methoxy groups -OCH3 is 1. The molecule has 0 saturated carbocycles. The largest absolute Gasteiger partial charge is 0.451 e. The van der Waals surface area contributed by atoms with E-state index in [4.69, 9.17) is 13.8 Å². The minimum absolute atomic E-state index is 0.0650. The molecule has 2 aromatic rings. The van der Waals surface area contributed by atoms with Crippen LogP contribution in [0, 0.1) is 6.92 Å². The third kappa shape index (κ3) is 4.81. The van der Waals surface area contributed by atoms with E-state index in [0.29, 0.717) is 11.3 Å². The average Bonchev–Trinajstić information content (AvgIpc) is 2.64. The van der Waals surface area contributed by atoms with Gasteiger partial charge in [0.15, 0.2) is 0 Å². The van der Waals surface area contributed by atoms with Crippen molar-refractivity contribution in [2.24, 2.45) is 0 Å². The van der Waals surface area contributed by atoms with Gasteiger partial charge in [-0.05, 0) is 32.0 Å². The Morgan fingerprint density at radius 3 is 2.35 bits per heavy atom. The molecule has 0 aliphatic rings. The summed E-state index contributed by atoms with van der Waals surface area (Å²) in [6.07, 6.45) is -0.722. The molecule has 0 bridgehead atoms. The van der Waals surface area contributed by atoms with Crippen LogP contribution < -0.4 is 5.06 Å². The Balaban J connectivity index is 2.24. The van der Waals surface area contributed by atoms with Crippen LogP contribution in [0.25, 0.3) is 0 Å². The Hall–Kier alpha value is -2.42. The monoisotopic (exact) mass is 379 g/mol. The van der Waals surface area contributed by atoms with Gasteiger partial charge in [0.2, 0.25) is 0 Å².